The molecule has 0 aromatic heterocycles. The number of nitrogens with two attached hydrogens (primary N) is 1. The number of hydrazine groups is 1. The number of hydrogen-bond acceptors (Lipinski definition) is 2. The third-order valence-electron chi connectivity index (χ3n) is 3.75. The third kappa shape index (κ3) is 2.46. The average Bonchev–Trinajstić information content (AvgIpc) is 2.45. The molecule has 0 fully saturated rings. The maximum Gasteiger partial charge on any atom is 0.139 e. The highest BCUT2D eigenvalue weighted by molar-refractivity contribution is 5.91. The van der Waals surface area contributed by atoms with Crippen LogP contribution in [0, 0.1) is 0 Å². The summed E-state index contributed by atoms with van der Waals surface area (Å²) in [4.78, 5) is 0. The topological polar surface area (TPSA) is 56.9 Å². The minimum atomic E-state index is 0. The van der Waals surface area contributed by atoms with Gasteiger partial charge in [0.05, 0.1) is 12.2 Å². The molecule has 0 saturated carbocycles. The molecule has 104 valence electrons. The van der Waals surface area contributed by atoms with Gasteiger partial charge in [0.25, 0.3) is 0 Å². The van der Waals surface area contributed by atoms with Crippen LogP contribution in [0.2, 0.25) is 0 Å². The van der Waals surface area contributed by atoms with Gasteiger partial charge in [-0.1, -0.05) is 36.4 Å². The maximum absolute atomic E-state index is 6.23. The number of benzene rings is 2. The molecule has 0 aliphatic carbocycles. The fourth-order valence-electron chi connectivity index (χ4n) is 2.63. The Morgan fingerprint density at radius 1 is 1.00 bits per heavy atom. The Bertz CT molecular complexity index is 664. The zero-order chi connectivity index (χ0) is 13.4. The van der Waals surface area contributed by atoms with E-state index in [2.05, 4.69) is 36.9 Å². The second-order valence-corrected chi connectivity index (χ2v) is 4.91. The second-order valence-electron chi connectivity index (χ2n) is 4.91. The zero-order valence-electron chi connectivity index (χ0n) is 11.4. The van der Waals surface area contributed by atoms with Gasteiger partial charge in [0.15, 0.2) is 0 Å². The summed E-state index contributed by atoms with van der Waals surface area (Å²) in [6.07, 6.45) is 0. The first-order valence-electron chi connectivity index (χ1n) is 6.41. The van der Waals surface area contributed by atoms with Crippen LogP contribution in [0.15, 0.2) is 48.5 Å². The van der Waals surface area contributed by atoms with Gasteiger partial charge in [-0.05, 0) is 24.6 Å². The third-order valence-corrected chi connectivity index (χ3v) is 3.75. The summed E-state index contributed by atoms with van der Waals surface area (Å²) in [6.45, 7) is 2.80. The molecule has 3 rings (SSSR count). The van der Waals surface area contributed by atoms with E-state index in [1.165, 1.54) is 16.7 Å². The highest BCUT2D eigenvalue weighted by atomic mass is 127. The predicted molar refractivity (Wildman–Crippen MR) is 78.6 cm³/mol. The van der Waals surface area contributed by atoms with Crippen LogP contribution < -0.4 is 40.6 Å². The first-order valence-corrected chi connectivity index (χ1v) is 6.41. The second kappa shape index (κ2) is 5.95. The van der Waals surface area contributed by atoms with Crippen LogP contribution >= 0.6 is 0 Å². The molecule has 5 N–H and O–H groups in total. The van der Waals surface area contributed by atoms with E-state index in [4.69, 9.17) is 5.84 Å². The lowest BCUT2D eigenvalue weighted by Gasteiger charge is -2.26. The van der Waals surface area contributed by atoms with E-state index in [1.54, 1.807) is 0 Å². The van der Waals surface area contributed by atoms with Crippen LogP contribution in [0.3, 0.4) is 0 Å². The van der Waals surface area contributed by atoms with Gasteiger partial charge in [-0.2, -0.15) is 0 Å². The standard InChI is InChI=1S/C16H17N3.HI/c1-11-13-7-4-5-9-15(13)19(18)10-12-6-2-3-8-14(12)16(11)17;/h2-9H,10,17-18H2,1H3;1H/b16-11+;. The summed E-state index contributed by atoms with van der Waals surface area (Å²) in [7, 11) is 0. The summed E-state index contributed by atoms with van der Waals surface area (Å²) in [5.41, 5.74) is 11.1. The van der Waals surface area contributed by atoms with Crippen LogP contribution in [0.4, 0.5) is 5.69 Å². The van der Waals surface area contributed by atoms with Crippen molar-refractivity contribution in [1.82, 2.24) is 0 Å². The largest absolute Gasteiger partial charge is 1.00 e. The Morgan fingerprint density at radius 3 is 2.35 bits per heavy atom. The molecule has 3 nitrogen and oxygen atoms in total. The molecule has 2 aromatic carbocycles. The smallest absolute Gasteiger partial charge is 0.139 e. The molecular weight excluding hydrogens is 361 g/mol. The fraction of sp³-hybridized carbons (Fsp3) is 0.125. The molecule has 0 bridgehead atoms. The van der Waals surface area contributed by atoms with Gasteiger partial charge in [0.1, 0.15) is 5.70 Å². The van der Waals surface area contributed by atoms with Gasteiger partial charge in [-0.3, -0.25) is 0 Å². The summed E-state index contributed by atoms with van der Waals surface area (Å²) in [5, 5.41) is 1.81. The molecule has 0 atom stereocenters. The van der Waals surface area contributed by atoms with Crippen LogP contribution in [-0.2, 0) is 6.54 Å². The number of anilines is 1. The Labute approximate surface area is 136 Å². The van der Waals surface area contributed by atoms with E-state index in [0.717, 1.165) is 16.9 Å². The first-order chi connectivity index (χ1) is 9.18. The van der Waals surface area contributed by atoms with Crippen molar-refractivity contribution in [2.45, 2.75) is 13.5 Å². The summed E-state index contributed by atoms with van der Waals surface area (Å²) < 4.78 is 0. The molecule has 1 heterocycles. The molecular formula is C16H18IN3. The number of rotatable bonds is 0. The van der Waals surface area contributed by atoms with Crippen molar-refractivity contribution in [2.24, 2.45) is 5.84 Å². The number of hydrogen-bond donors (Lipinski definition) is 2. The van der Waals surface area contributed by atoms with Crippen LogP contribution in [0.25, 0.3) is 11.3 Å². The minimum absolute atomic E-state index is 0. The minimum Gasteiger partial charge on any atom is -1.00 e. The van der Waals surface area contributed by atoms with Gasteiger partial charge in [-0.15, -0.1) is 0 Å². The number of halogens is 1. The van der Waals surface area contributed by atoms with Crippen molar-refractivity contribution < 1.29 is 29.7 Å². The number of quaternary nitrogens is 1. The maximum atomic E-state index is 6.23. The monoisotopic (exact) mass is 379 g/mol. The number of nitrogens with zero attached hydrogens (tertiary/aromatic N) is 1. The molecule has 0 saturated heterocycles. The SMILES string of the molecule is C/C1=C(\[NH3+])c2ccccc2CN(N)c2ccccc21.[I-]. The van der Waals surface area contributed by atoms with Gasteiger partial charge < -0.3 is 34.7 Å². The molecule has 0 radical (unpaired) electrons. The first kappa shape index (κ1) is 15.0. The van der Waals surface area contributed by atoms with E-state index < -0.39 is 0 Å². The van der Waals surface area contributed by atoms with E-state index in [1.807, 2.05) is 29.3 Å². The van der Waals surface area contributed by atoms with Crippen molar-refractivity contribution in [3.8, 4) is 0 Å². The van der Waals surface area contributed by atoms with Gasteiger partial charge >= 0.3 is 0 Å². The fourth-order valence-corrected chi connectivity index (χ4v) is 2.63. The van der Waals surface area contributed by atoms with Gasteiger partial charge in [0, 0.05) is 16.7 Å². The molecule has 1 aliphatic heterocycles. The number of fused-ring (bicyclic) bond motifs is 2. The quantitative estimate of drug-likeness (QED) is 0.457. The lowest BCUT2D eigenvalue weighted by Crippen LogP contribution is -3.00. The van der Waals surface area contributed by atoms with E-state index >= 15 is 0 Å². The average molecular weight is 379 g/mol. The lowest BCUT2D eigenvalue weighted by atomic mass is 9.94. The van der Waals surface area contributed by atoms with E-state index in [9.17, 15) is 0 Å². The zero-order valence-corrected chi connectivity index (χ0v) is 13.6. The Morgan fingerprint density at radius 2 is 1.60 bits per heavy atom. The van der Waals surface area contributed by atoms with Crippen molar-refractivity contribution in [3.63, 3.8) is 0 Å². The highest BCUT2D eigenvalue weighted by Crippen LogP contribution is 2.33. The number of para-hydroxylation sites is 1. The summed E-state index contributed by atoms with van der Waals surface area (Å²) in [5.74, 6) is 6.23. The Balaban J connectivity index is 0.00000147. The summed E-state index contributed by atoms with van der Waals surface area (Å²) >= 11 is 0. The van der Waals surface area contributed by atoms with Crippen molar-refractivity contribution >= 4 is 17.0 Å². The molecule has 0 spiro atoms. The molecule has 0 unspecified atom stereocenters. The van der Waals surface area contributed by atoms with E-state index in [0.29, 0.717) is 6.54 Å². The van der Waals surface area contributed by atoms with E-state index in [-0.39, 0.29) is 24.0 Å². The molecule has 20 heavy (non-hydrogen) atoms. The molecule has 0 amide bonds. The Hall–Kier alpha value is -1.37. The van der Waals surface area contributed by atoms with Crippen LogP contribution in [-0.4, -0.2) is 0 Å². The van der Waals surface area contributed by atoms with Gasteiger partial charge in [0.2, 0.25) is 0 Å². The van der Waals surface area contributed by atoms with Gasteiger partial charge in [-0.25, -0.2) is 5.84 Å². The molecule has 4 heteroatoms. The molecule has 2 aromatic rings. The van der Waals surface area contributed by atoms with Crippen molar-refractivity contribution in [3.05, 3.63) is 65.2 Å². The van der Waals surface area contributed by atoms with Crippen LogP contribution in [0.1, 0.15) is 23.6 Å². The lowest BCUT2D eigenvalue weighted by molar-refractivity contribution is -0.243. The van der Waals surface area contributed by atoms with Crippen molar-refractivity contribution in [2.75, 3.05) is 5.01 Å². The Kier molecular flexibility index (Phi) is 4.47. The van der Waals surface area contributed by atoms with Crippen LogP contribution in [0.5, 0.6) is 0 Å². The number of allylic oxidation sites excluding steroid dienone is 1. The summed E-state index contributed by atoms with van der Waals surface area (Å²) in [6, 6.07) is 16.5. The predicted octanol–water partition coefficient (Wildman–Crippen LogP) is -0.986. The highest BCUT2D eigenvalue weighted by Gasteiger charge is 2.20. The molecule has 1 aliphatic rings. The normalized spacial score (nSPS) is 17.4. The van der Waals surface area contributed by atoms with Crippen molar-refractivity contribution in [1.29, 1.82) is 0 Å².